The van der Waals surface area contributed by atoms with Gasteiger partial charge in [-0.25, -0.2) is 0 Å². The normalized spacial score (nSPS) is 18.0. The molecule has 1 fully saturated rings. The van der Waals surface area contributed by atoms with E-state index in [-0.39, 0.29) is 12.7 Å². The van der Waals surface area contributed by atoms with Crippen LogP contribution >= 0.6 is 15.9 Å². The van der Waals surface area contributed by atoms with E-state index in [0.29, 0.717) is 53.9 Å². The lowest BCUT2D eigenvalue weighted by Gasteiger charge is -2.38. The number of fused-ring (bicyclic) bond motifs is 1. The molecule has 2 aromatic carbocycles. The van der Waals surface area contributed by atoms with Crippen LogP contribution in [0.5, 0.6) is 11.5 Å². The lowest BCUT2D eigenvalue weighted by atomic mass is 9.85. The molecule has 0 aromatic heterocycles. The zero-order chi connectivity index (χ0) is 18.1. The van der Waals surface area contributed by atoms with Crippen molar-refractivity contribution in [2.45, 2.75) is 24.9 Å². The van der Waals surface area contributed by atoms with Crippen LogP contribution in [0.25, 0.3) is 0 Å². The predicted molar refractivity (Wildman–Crippen MR) is 100 cm³/mol. The molecule has 2 aliphatic heterocycles. The van der Waals surface area contributed by atoms with Crippen LogP contribution in [0.3, 0.4) is 0 Å². The van der Waals surface area contributed by atoms with Gasteiger partial charge in [0.1, 0.15) is 0 Å². The van der Waals surface area contributed by atoms with Gasteiger partial charge < -0.3 is 19.5 Å². The number of hydrogen-bond acceptors (Lipinski definition) is 4. The topological polar surface area (TPSA) is 59.0 Å². The highest BCUT2D eigenvalue weighted by Crippen LogP contribution is 2.40. The molecule has 0 saturated carbocycles. The van der Waals surface area contributed by atoms with Crippen LogP contribution in [0, 0.1) is 0 Å². The number of rotatable bonds is 3. The molecule has 0 aliphatic carbocycles. The Balaban J connectivity index is 1.47. The van der Waals surface area contributed by atoms with Gasteiger partial charge in [0.2, 0.25) is 6.79 Å². The summed E-state index contributed by atoms with van der Waals surface area (Å²) in [4.78, 5) is 14.8. The van der Waals surface area contributed by atoms with Gasteiger partial charge in [-0.3, -0.25) is 4.79 Å². The number of carbonyl (C=O) groups excluding carboxylic acids is 1. The zero-order valence-electron chi connectivity index (χ0n) is 14.3. The number of hydrogen-bond donors (Lipinski definition) is 1. The van der Waals surface area contributed by atoms with Crippen LogP contribution in [0.4, 0.5) is 0 Å². The molecule has 1 N–H and O–H groups in total. The summed E-state index contributed by atoms with van der Waals surface area (Å²) in [5, 5.41) is 10.9. The molecule has 1 saturated heterocycles. The molecule has 5 nitrogen and oxygen atoms in total. The summed E-state index contributed by atoms with van der Waals surface area (Å²) in [7, 11) is 0. The number of benzene rings is 2. The molecule has 1 amide bonds. The molecule has 2 aromatic rings. The third kappa shape index (κ3) is 3.31. The highest BCUT2D eigenvalue weighted by Gasteiger charge is 2.36. The van der Waals surface area contributed by atoms with Gasteiger partial charge in [0.15, 0.2) is 11.5 Å². The number of nitrogens with zero attached hydrogens (tertiary/aromatic N) is 1. The van der Waals surface area contributed by atoms with E-state index in [1.165, 1.54) is 0 Å². The maximum atomic E-state index is 13.0. The Bertz CT molecular complexity index is 816. The minimum absolute atomic E-state index is 0.0963. The number of piperidine rings is 1. The summed E-state index contributed by atoms with van der Waals surface area (Å²) >= 11 is 3.45. The van der Waals surface area contributed by atoms with Gasteiger partial charge in [-0.05, 0) is 46.5 Å². The molecule has 0 spiro atoms. The molecule has 2 aliphatic rings. The average Bonchev–Trinajstić information content (AvgIpc) is 3.11. The summed E-state index contributed by atoms with van der Waals surface area (Å²) in [5.74, 6) is 0.990. The molecular formula is C20H20BrNO4. The van der Waals surface area contributed by atoms with Gasteiger partial charge in [0, 0.05) is 24.0 Å². The molecule has 0 radical (unpaired) electrons. The quantitative estimate of drug-likeness (QED) is 0.831. The van der Waals surface area contributed by atoms with E-state index in [1.807, 2.05) is 30.3 Å². The van der Waals surface area contributed by atoms with Crippen molar-refractivity contribution < 1.29 is 19.4 Å². The second-order valence-electron chi connectivity index (χ2n) is 6.84. The van der Waals surface area contributed by atoms with Crippen molar-refractivity contribution >= 4 is 21.8 Å². The summed E-state index contributed by atoms with van der Waals surface area (Å²) < 4.78 is 11.6. The molecule has 0 atom stereocenters. The Hall–Kier alpha value is -2.05. The van der Waals surface area contributed by atoms with Crippen molar-refractivity contribution in [2.75, 3.05) is 19.9 Å². The van der Waals surface area contributed by atoms with E-state index < -0.39 is 5.60 Å². The molecule has 6 heteroatoms. The Morgan fingerprint density at radius 2 is 1.85 bits per heavy atom. The maximum Gasteiger partial charge on any atom is 0.258 e. The number of carbonyl (C=O) groups is 1. The van der Waals surface area contributed by atoms with Crippen LogP contribution in [0.1, 0.15) is 28.8 Å². The first-order chi connectivity index (χ1) is 12.6. The van der Waals surface area contributed by atoms with E-state index in [9.17, 15) is 9.90 Å². The van der Waals surface area contributed by atoms with Crippen LogP contribution in [-0.4, -0.2) is 41.4 Å². The number of amides is 1. The van der Waals surface area contributed by atoms with Gasteiger partial charge >= 0.3 is 0 Å². The number of ether oxygens (including phenoxy) is 2. The molecular weight excluding hydrogens is 398 g/mol. The average molecular weight is 418 g/mol. The molecule has 26 heavy (non-hydrogen) atoms. The van der Waals surface area contributed by atoms with Crippen molar-refractivity contribution in [1.82, 2.24) is 4.90 Å². The first kappa shape index (κ1) is 17.4. The Morgan fingerprint density at radius 3 is 2.58 bits per heavy atom. The van der Waals surface area contributed by atoms with E-state index in [0.717, 1.165) is 5.56 Å². The van der Waals surface area contributed by atoms with Crippen molar-refractivity contribution in [2.24, 2.45) is 0 Å². The van der Waals surface area contributed by atoms with E-state index in [4.69, 9.17) is 9.47 Å². The largest absolute Gasteiger partial charge is 0.454 e. The SMILES string of the molecule is O=C(c1c(Br)ccc2c1OCO2)N1CCC(O)(Cc2ccccc2)CC1. The van der Waals surface area contributed by atoms with Crippen LogP contribution in [0.15, 0.2) is 46.9 Å². The second kappa shape index (κ2) is 6.93. The first-order valence-corrected chi connectivity index (χ1v) is 9.49. The monoisotopic (exact) mass is 417 g/mol. The second-order valence-corrected chi connectivity index (χ2v) is 7.69. The third-order valence-corrected chi connectivity index (χ3v) is 5.72. The highest BCUT2D eigenvalue weighted by atomic mass is 79.9. The lowest BCUT2D eigenvalue weighted by molar-refractivity contribution is -0.0163. The highest BCUT2D eigenvalue weighted by molar-refractivity contribution is 9.10. The Labute approximate surface area is 160 Å². The lowest BCUT2D eigenvalue weighted by Crippen LogP contribution is -2.47. The summed E-state index contributed by atoms with van der Waals surface area (Å²) in [6.07, 6.45) is 1.71. The van der Waals surface area contributed by atoms with Crippen molar-refractivity contribution in [1.29, 1.82) is 0 Å². The summed E-state index contributed by atoms with van der Waals surface area (Å²) in [6, 6.07) is 13.6. The van der Waals surface area contributed by atoms with Gasteiger partial charge in [0.25, 0.3) is 5.91 Å². The zero-order valence-corrected chi connectivity index (χ0v) is 15.9. The fourth-order valence-corrected chi connectivity index (χ4v) is 4.07. The number of halogens is 1. The van der Waals surface area contributed by atoms with Crippen LogP contribution in [-0.2, 0) is 6.42 Å². The standard InChI is InChI=1S/C20H20BrNO4/c21-15-6-7-16-18(26-13-25-16)17(15)19(23)22-10-8-20(24,9-11-22)12-14-4-2-1-3-5-14/h1-7,24H,8-13H2. The van der Waals surface area contributed by atoms with E-state index >= 15 is 0 Å². The molecule has 2 heterocycles. The predicted octanol–water partition coefficient (Wildman–Crippen LogP) is 3.39. The number of aliphatic hydroxyl groups is 1. The van der Waals surface area contributed by atoms with Crippen LogP contribution in [0.2, 0.25) is 0 Å². The Kier molecular flexibility index (Phi) is 4.63. The summed E-state index contributed by atoms with van der Waals surface area (Å²) in [6.45, 7) is 1.15. The molecule has 0 bridgehead atoms. The van der Waals surface area contributed by atoms with Crippen molar-refractivity contribution in [3.8, 4) is 11.5 Å². The summed E-state index contributed by atoms with van der Waals surface area (Å²) in [5.41, 5.74) is 0.839. The molecule has 0 unspecified atom stereocenters. The number of likely N-dealkylation sites (tertiary alicyclic amines) is 1. The van der Waals surface area contributed by atoms with Gasteiger partial charge in [-0.15, -0.1) is 0 Å². The Morgan fingerprint density at radius 1 is 1.12 bits per heavy atom. The van der Waals surface area contributed by atoms with Gasteiger partial charge in [0.05, 0.1) is 11.2 Å². The minimum atomic E-state index is -0.770. The van der Waals surface area contributed by atoms with Crippen LogP contribution < -0.4 is 9.47 Å². The van der Waals surface area contributed by atoms with E-state index in [2.05, 4.69) is 15.9 Å². The van der Waals surface area contributed by atoms with Gasteiger partial charge in [-0.1, -0.05) is 30.3 Å². The first-order valence-electron chi connectivity index (χ1n) is 8.69. The fourth-order valence-electron chi connectivity index (χ4n) is 3.58. The van der Waals surface area contributed by atoms with Crippen molar-refractivity contribution in [3.63, 3.8) is 0 Å². The molecule has 4 rings (SSSR count). The van der Waals surface area contributed by atoms with Crippen molar-refractivity contribution in [3.05, 3.63) is 58.1 Å². The smallest absolute Gasteiger partial charge is 0.258 e. The fraction of sp³-hybridized carbons (Fsp3) is 0.350. The van der Waals surface area contributed by atoms with Gasteiger partial charge in [-0.2, -0.15) is 0 Å². The third-order valence-electron chi connectivity index (χ3n) is 5.06. The maximum absolute atomic E-state index is 13.0. The molecule has 136 valence electrons. The van der Waals surface area contributed by atoms with E-state index in [1.54, 1.807) is 17.0 Å². The minimum Gasteiger partial charge on any atom is -0.454 e.